The van der Waals surface area contributed by atoms with Crippen LogP contribution in [-0.2, 0) is 67.2 Å². The number of hydrazine groups is 1. The van der Waals surface area contributed by atoms with E-state index in [1.807, 2.05) is 47.9 Å². The molecule has 3 aliphatic rings. The number of epoxide rings is 1. The number of aliphatic hydroxyl groups is 1. The van der Waals surface area contributed by atoms with Gasteiger partial charge in [-0.2, -0.15) is 0 Å². The van der Waals surface area contributed by atoms with E-state index in [9.17, 15) is 38.7 Å². The van der Waals surface area contributed by atoms with Gasteiger partial charge in [0.2, 0.25) is 29.5 Å². The Kier molecular flexibility index (Phi) is 18.5. The summed E-state index contributed by atoms with van der Waals surface area (Å²) in [6.45, 7) is 6.05. The normalized spacial score (nSPS) is 25.6. The molecule has 1 aromatic heterocycles. The number of alkyl carbamates (subject to hydrolysis) is 1. The van der Waals surface area contributed by atoms with Gasteiger partial charge < -0.3 is 59.1 Å². The van der Waals surface area contributed by atoms with Gasteiger partial charge in [0, 0.05) is 64.8 Å². The Hall–Kier alpha value is -6.56. The van der Waals surface area contributed by atoms with E-state index in [4.69, 9.17) is 41.1 Å². The summed E-state index contributed by atoms with van der Waals surface area (Å²) in [6.07, 6.45) is 0.227. The lowest BCUT2D eigenvalue weighted by molar-refractivity contribution is -0.161. The maximum Gasteiger partial charge on any atom is 0.409 e. The highest BCUT2D eigenvalue weighted by Crippen LogP contribution is 2.49. The molecule has 8 atom stereocenters. The monoisotopic (exact) mass is 1050 g/mol. The zero-order valence-corrected chi connectivity index (χ0v) is 43.9. The third kappa shape index (κ3) is 13.6. The number of halogens is 1. The van der Waals surface area contributed by atoms with Gasteiger partial charge in [-0.3, -0.25) is 35.1 Å². The van der Waals surface area contributed by atoms with Gasteiger partial charge in [-0.05, 0) is 62.4 Å². The molecule has 0 aliphatic carbocycles. The molecule has 0 spiro atoms. The number of hydrogen-bond acceptors (Lipinski definition) is 15. The number of nitrogens with one attached hydrogen (secondary N) is 4. The van der Waals surface area contributed by atoms with Crippen LogP contribution in [0.15, 0.2) is 66.3 Å². The number of para-hydroxylation sites is 1. The number of esters is 1. The molecule has 3 aromatic rings. The van der Waals surface area contributed by atoms with Gasteiger partial charge >= 0.3 is 12.1 Å². The lowest BCUT2D eigenvalue weighted by Crippen LogP contribution is -2.63. The fraction of sp³-hybridized carbons (Fsp3) is 0.510. The number of likely N-dealkylation sites (N-methyl/N-ethyl adjacent to an activating group) is 1. The summed E-state index contributed by atoms with van der Waals surface area (Å²) in [5.74, 6) is 1.74. The summed E-state index contributed by atoms with van der Waals surface area (Å²) in [5.41, 5.74) is 0.582. The van der Waals surface area contributed by atoms with Crippen molar-refractivity contribution in [3.63, 3.8) is 0 Å². The molecule has 2 saturated heterocycles. The van der Waals surface area contributed by atoms with Gasteiger partial charge in [-0.25, -0.2) is 14.6 Å². The molecule has 0 saturated carbocycles. The van der Waals surface area contributed by atoms with E-state index in [1.165, 1.54) is 45.1 Å². The molecular weight excluding hydrogens is 982 g/mol. The van der Waals surface area contributed by atoms with E-state index < -0.39 is 103 Å². The van der Waals surface area contributed by atoms with E-state index in [0.29, 0.717) is 30.9 Å². The Labute approximate surface area is 434 Å². The molecular formula is C51H68ClN9O13. The van der Waals surface area contributed by atoms with Crippen LogP contribution in [0.4, 0.5) is 10.5 Å². The highest BCUT2D eigenvalue weighted by molar-refractivity contribution is 6.35. The van der Waals surface area contributed by atoms with E-state index in [2.05, 4.69) is 21.3 Å². The van der Waals surface area contributed by atoms with Gasteiger partial charge in [0.15, 0.2) is 5.72 Å². The number of benzene rings is 2. The van der Waals surface area contributed by atoms with Crippen molar-refractivity contribution in [1.82, 2.24) is 35.7 Å². The van der Waals surface area contributed by atoms with Crippen molar-refractivity contribution in [3.8, 4) is 5.75 Å². The molecule has 23 heteroatoms. The van der Waals surface area contributed by atoms with Crippen LogP contribution in [0.3, 0.4) is 0 Å². The summed E-state index contributed by atoms with van der Waals surface area (Å²) >= 11 is 6.80. The Morgan fingerprint density at radius 2 is 1.70 bits per heavy atom. The third-order valence-corrected chi connectivity index (χ3v) is 14.1. The number of nitrogens with zero attached hydrogens (tertiary/aromatic N) is 4. The summed E-state index contributed by atoms with van der Waals surface area (Å²) in [6, 6.07) is 12.0. The molecule has 22 nitrogen and oxygen atoms in total. The predicted octanol–water partition coefficient (Wildman–Crippen LogP) is 2.21. The van der Waals surface area contributed by atoms with Crippen LogP contribution in [0.1, 0.15) is 58.2 Å². The van der Waals surface area contributed by atoms with E-state index in [1.54, 1.807) is 45.2 Å². The van der Waals surface area contributed by atoms with Crippen LogP contribution in [-0.4, -0.2) is 158 Å². The number of aryl methyl sites for hydroxylation is 1. The van der Waals surface area contributed by atoms with Crippen molar-refractivity contribution in [2.75, 3.05) is 59.9 Å². The van der Waals surface area contributed by atoms with Crippen molar-refractivity contribution in [2.24, 2.45) is 11.8 Å². The number of fused-ring (bicyclic) bond motifs is 6. The first-order valence-corrected chi connectivity index (χ1v) is 24.5. The third-order valence-electron chi connectivity index (χ3n) is 13.7. The first-order valence-electron chi connectivity index (χ1n) is 24.2. The van der Waals surface area contributed by atoms with Crippen molar-refractivity contribution in [1.29, 1.82) is 0 Å². The lowest BCUT2D eigenvalue weighted by atomic mass is 9.83. The average molecular weight is 1050 g/mol. The number of allylic oxidation sites excluding steroid dienone is 3. The Bertz CT molecular complexity index is 2680. The first kappa shape index (κ1) is 56.7. The SMILES string of the molecule is COc1cc2cc(c1Cl)N(C)C(=O)C[C@H](OC(=O)[C@H](C)N(C)C(=O)CNC(=O)CNC(=O)CNC(=O)CCn1c(CN(C)N)cc3ccccc31)[C@]1(C)OC1[C@H](C)[C@@H]1C[C@@](O)(NC(=O)O1)[C@H](OC)/C=C/C=C(\C)C2. The zero-order valence-electron chi connectivity index (χ0n) is 43.2. The number of carbonyl (C=O) groups is 7. The standard InChI is InChI=1S/C51H68ClN9O13/c1-29-13-12-16-39(71-9)51(69)24-38(72-49(68)57-51)30(2)47-50(4,74-47)40(23-44(65)60(7)36-20-32(19-29)21-37(70-8)46(36)52)73-48(67)31(3)59(6)45(66)27-56-43(64)26-55-42(63)25-54-41(62)17-18-61-34(28-58(5)53)22-33-14-10-11-15-35(33)61/h10-16,20-22,30-31,38-40,47,69H,17-19,23-28,53H2,1-9H3,(H,54,62)(H,55,63)(H,56,64)(H,57,68)/b16-12+,29-13+/t30-,31+,38+,39-,40+,47?,50+,51+/m1/s1. The average Bonchev–Trinajstić information content (AvgIpc) is 3.94. The molecule has 3 aliphatic heterocycles. The quantitative estimate of drug-likeness (QED) is 0.0520. The minimum atomic E-state index is -1.90. The molecule has 6 amide bonds. The van der Waals surface area contributed by atoms with Crippen LogP contribution in [0.2, 0.25) is 5.02 Å². The topological polar surface area (TPSA) is 278 Å². The van der Waals surface area contributed by atoms with Gasteiger partial charge in [0.05, 0.1) is 51.5 Å². The van der Waals surface area contributed by atoms with Crippen LogP contribution in [0.5, 0.6) is 5.75 Å². The number of rotatable bonds is 16. The van der Waals surface area contributed by atoms with Gasteiger partial charge in [0.1, 0.15) is 40.7 Å². The number of amides is 6. The highest BCUT2D eigenvalue weighted by Gasteiger charge is 2.64. The van der Waals surface area contributed by atoms with E-state index in [-0.39, 0.29) is 30.3 Å². The van der Waals surface area contributed by atoms with Gasteiger partial charge in [-0.1, -0.05) is 60.5 Å². The number of ether oxygens (including phenoxy) is 5. The van der Waals surface area contributed by atoms with Crippen molar-refractivity contribution < 1.29 is 62.4 Å². The number of hydrogen-bond donors (Lipinski definition) is 6. The summed E-state index contributed by atoms with van der Waals surface area (Å²) < 4.78 is 31.3. The fourth-order valence-electron chi connectivity index (χ4n) is 9.22. The van der Waals surface area contributed by atoms with Crippen molar-refractivity contribution >= 4 is 69.8 Å². The summed E-state index contributed by atoms with van der Waals surface area (Å²) in [7, 11) is 7.46. The van der Waals surface area contributed by atoms with Crippen molar-refractivity contribution in [3.05, 3.63) is 82.5 Å². The second-order valence-electron chi connectivity index (χ2n) is 19.2. The number of carbonyl (C=O) groups excluding carboxylic acids is 7. The Morgan fingerprint density at radius 1 is 1.03 bits per heavy atom. The van der Waals surface area contributed by atoms with E-state index in [0.717, 1.165) is 32.6 Å². The minimum absolute atomic E-state index is 0.0774. The maximum absolute atomic E-state index is 14.3. The Morgan fingerprint density at radius 3 is 2.38 bits per heavy atom. The van der Waals surface area contributed by atoms with Crippen LogP contribution < -0.4 is 36.7 Å². The number of methoxy groups -OCH3 is 2. The molecule has 74 heavy (non-hydrogen) atoms. The van der Waals surface area contributed by atoms with Gasteiger partial charge in [-0.15, -0.1) is 0 Å². The fourth-order valence-corrected chi connectivity index (χ4v) is 9.53. The number of nitrogens with two attached hydrogens (primary N) is 1. The van der Waals surface area contributed by atoms with Crippen LogP contribution in [0.25, 0.3) is 10.9 Å². The smallest absolute Gasteiger partial charge is 0.409 e. The molecule has 4 heterocycles. The minimum Gasteiger partial charge on any atom is -0.495 e. The van der Waals surface area contributed by atoms with E-state index >= 15 is 0 Å². The Balaban J connectivity index is 1.08. The first-order chi connectivity index (χ1) is 35.0. The molecule has 402 valence electrons. The molecule has 1 unspecified atom stereocenters. The predicted molar refractivity (Wildman–Crippen MR) is 272 cm³/mol. The zero-order chi connectivity index (χ0) is 54.2. The second kappa shape index (κ2) is 24.2. The molecule has 0 radical (unpaired) electrons. The van der Waals surface area contributed by atoms with Crippen molar-refractivity contribution in [2.45, 2.75) is 108 Å². The van der Waals surface area contributed by atoms with Crippen LogP contribution >= 0.6 is 11.6 Å². The lowest BCUT2D eigenvalue weighted by Gasteiger charge is -2.42. The molecule has 2 fully saturated rings. The molecule has 4 bridgehead atoms. The summed E-state index contributed by atoms with van der Waals surface area (Å²) in [5, 5.41) is 24.4. The molecule has 2 aromatic carbocycles. The molecule has 6 rings (SSSR count). The van der Waals surface area contributed by atoms with Gasteiger partial charge in [0.25, 0.3) is 0 Å². The highest BCUT2D eigenvalue weighted by atomic mass is 35.5. The number of aromatic nitrogens is 1. The number of anilines is 1. The summed E-state index contributed by atoms with van der Waals surface area (Å²) in [4.78, 5) is 95.1. The van der Waals surface area contributed by atoms with Crippen LogP contribution in [0, 0.1) is 5.92 Å². The largest absolute Gasteiger partial charge is 0.495 e. The maximum atomic E-state index is 14.3. The second-order valence-corrected chi connectivity index (χ2v) is 19.6. The molecule has 7 N–H and O–H groups in total.